The third kappa shape index (κ3) is 2.52. The van der Waals surface area contributed by atoms with Crippen LogP contribution in [0.3, 0.4) is 0 Å². The summed E-state index contributed by atoms with van der Waals surface area (Å²) in [5.74, 6) is 0.803. The van der Waals surface area contributed by atoms with Crippen molar-refractivity contribution in [1.82, 2.24) is 10.3 Å². The Balaban J connectivity index is 1.87. The second kappa shape index (κ2) is 5.41. The fourth-order valence-electron chi connectivity index (χ4n) is 3.36. The number of hydrogen-bond acceptors (Lipinski definition) is 4. The van der Waals surface area contributed by atoms with E-state index in [4.69, 9.17) is 4.98 Å². The number of aromatic nitrogens is 1. The number of piperidine rings is 1. The van der Waals surface area contributed by atoms with Crippen LogP contribution in [0.25, 0.3) is 0 Å². The first-order chi connectivity index (χ1) is 9.19. The maximum Gasteiger partial charge on any atom is 0.186 e. The molecule has 1 aromatic rings. The average molecular weight is 279 g/mol. The summed E-state index contributed by atoms with van der Waals surface area (Å²) in [4.78, 5) is 9.06. The molecule has 3 atom stereocenters. The van der Waals surface area contributed by atoms with E-state index >= 15 is 0 Å². The van der Waals surface area contributed by atoms with Crippen molar-refractivity contribution < 1.29 is 0 Å². The first-order valence-corrected chi connectivity index (χ1v) is 8.44. The van der Waals surface area contributed by atoms with Gasteiger partial charge < -0.3 is 10.2 Å². The summed E-state index contributed by atoms with van der Waals surface area (Å²) in [5.41, 5.74) is 1.33. The van der Waals surface area contributed by atoms with Crippen LogP contribution in [0.5, 0.6) is 0 Å². The van der Waals surface area contributed by atoms with Gasteiger partial charge in [0.2, 0.25) is 0 Å². The largest absolute Gasteiger partial charge is 0.345 e. The Morgan fingerprint density at radius 1 is 1.26 bits per heavy atom. The van der Waals surface area contributed by atoms with E-state index in [0.29, 0.717) is 12.1 Å². The van der Waals surface area contributed by atoms with Gasteiger partial charge in [-0.3, -0.25) is 0 Å². The van der Waals surface area contributed by atoms with Gasteiger partial charge in [0.15, 0.2) is 5.13 Å². The number of nitrogens with one attached hydrogen (secondary N) is 1. The molecule has 1 fully saturated rings. The summed E-state index contributed by atoms with van der Waals surface area (Å²) in [5, 5.41) is 4.69. The summed E-state index contributed by atoms with van der Waals surface area (Å²) in [6.45, 7) is 5.89. The van der Waals surface area contributed by atoms with Crippen LogP contribution in [0.4, 0.5) is 5.13 Å². The van der Waals surface area contributed by atoms with Gasteiger partial charge >= 0.3 is 0 Å². The van der Waals surface area contributed by atoms with Crippen LogP contribution in [0.1, 0.15) is 56.1 Å². The second-order valence-corrected chi connectivity index (χ2v) is 7.28. The molecular formula is C15H25N3S. The molecule has 1 N–H and O–H groups in total. The average Bonchev–Trinajstić information content (AvgIpc) is 2.85. The second-order valence-electron chi connectivity index (χ2n) is 6.22. The Kier molecular flexibility index (Phi) is 3.81. The fraction of sp³-hybridized carbons (Fsp3) is 0.800. The predicted octanol–water partition coefficient (Wildman–Crippen LogP) is 3.36. The fourth-order valence-corrected chi connectivity index (χ4v) is 4.64. The maximum absolute atomic E-state index is 4.99. The Labute approximate surface area is 120 Å². The zero-order chi connectivity index (χ0) is 13.4. The highest BCUT2D eigenvalue weighted by atomic mass is 32.1. The predicted molar refractivity (Wildman–Crippen MR) is 82.1 cm³/mol. The molecule has 0 bridgehead atoms. The summed E-state index contributed by atoms with van der Waals surface area (Å²) >= 11 is 1.94. The summed E-state index contributed by atoms with van der Waals surface area (Å²) < 4.78 is 0. The van der Waals surface area contributed by atoms with E-state index in [0.717, 1.165) is 5.92 Å². The molecule has 2 heterocycles. The van der Waals surface area contributed by atoms with Gasteiger partial charge in [-0.25, -0.2) is 4.98 Å². The van der Waals surface area contributed by atoms with E-state index in [9.17, 15) is 0 Å². The summed E-state index contributed by atoms with van der Waals surface area (Å²) in [7, 11) is 2.06. The van der Waals surface area contributed by atoms with Crippen molar-refractivity contribution in [1.29, 1.82) is 0 Å². The van der Waals surface area contributed by atoms with Crippen molar-refractivity contribution in [3.8, 4) is 0 Å². The topological polar surface area (TPSA) is 28.2 Å². The Hall–Kier alpha value is -0.610. The molecule has 19 heavy (non-hydrogen) atoms. The Morgan fingerprint density at radius 3 is 2.89 bits per heavy atom. The monoisotopic (exact) mass is 279 g/mol. The number of hydrogen-bond donors (Lipinski definition) is 1. The van der Waals surface area contributed by atoms with Crippen molar-refractivity contribution in [3.05, 3.63) is 10.6 Å². The van der Waals surface area contributed by atoms with Gasteiger partial charge in [0.05, 0.1) is 11.7 Å². The van der Waals surface area contributed by atoms with Crippen molar-refractivity contribution in [3.63, 3.8) is 0 Å². The van der Waals surface area contributed by atoms with Gasteiger partial charge in [0.1, 0.15) is 0 Å². The number of fused-ring (bicyclic) bond motifs is 1. The molecule has 2 aliphatic rings. The van der Waals surface area contributed by atoms with Crippen LogP contribution in [0, 0.1) is 5.92 Å². The molecule has 1 saturated heterocycles. The molecule has 3 nitrogen and oxygen atoms in total. The lowest BCUT2D eigenvalue weighted by Crippen LogP contribution is -2.41. The van der Waals surface area contributed by atoms with Crippen LogP contribution in [0.2, 0.25) is 0 Å². The Bertz CT molecular complexity index is 443. The van der Waals surface area contributed by atoms with Crippen LogP contribution in [-0.2, 0) is 6.42 Å². The highest BCUT2D eigenvalue weighted by molar-refractivity contribution is 7.15. The summed E-state index contributed by atoms with van der Waals surface area (Å²) in [6, 6.07) is 1.13. The molecule has 106 valence electrons. The quantitative estimate of drug-likeness (QED) is 0.899. The van der Waals surface area contributed by atoms with Gasteiger partial charge in [-0.15, -0.1) is 11.3 Å². The number of rotatable bonds is 2. The molecule has 0 saturated carbocycles. The van der Waals surface area contributed by atoms with Gasteiger partial charge in [-0.1, -0.05) is 6.92 Å². The van der Waals surface area contributed by atoms with Crippen molar-refractivity contribution in [2.75, 3.05) is 18.5 Å². The normalized spacial score (nSPS) is 31.3. The van der Waals surface area contributed by atoms with Gasteiger partial charge in [0.25, 0.3) is 0 Å². The van der Waals surface area contributed by atoms with E-state index < -0.39 is 0 Å². The van der Waals surface area contributed by atoms with Gasteiger partial charge in [-0.2, -0.15) is 0 Å². The first kappa shape index (κ1) is 13.4. The van der Waals surface area contributed by atoms with Crippen LogP contribution in [0.15, 0.2) is 0 Å². The molecule has 3 unspecified atom stereocenters. The van der Waals surface area contributed by atoms with Crippen molar-refractivity contribution in [2.45, 2.75) is 58.0 Å². The smallest absolute Gasteiger partial charge is 0.186 e. The number of nitrogens with zero attached hydrogens (tertiary/aromatic N) is 2. The lowest BCUT2D eigenvalue weighted by atomic mass is 9.95. The highest BCUT2D eigenvalue weighted by Gasteiger charge is 2.29. The SMILES string of the molecule is CNC1CCCc2sc(N3CC(C)CCC3C)nc21. The van der Waals surface area contributed by atoms with E-state index in [1.54, 1.807) is 0 Å². The highest BCUT2D eigenvalue weighted by Crippen LogP contribution is 2.38. The molecule has 0 amide bonds. The van der Waals surface area contributed by atoms with Crippen LogP contribution < -0.4 is 10.2 Å². The maximum atomic E-state index is 4.99. The number of aryl methyl sites for hydroxylation is 1. The Morgan fingerprint density at radius 2 is 2.11 bits per heavy atom. The minimum Gasteiger partial charge on any atom is -0.345 e. The zero-order valence-corrected chi connectivity index (χ0v) is 13.1. The van der Waals surface area contributed by atoms with Gasteiger partial charge in [-0.05, 0) is 52.0 Å². The molecule has 4 heteroatoms. The van der Waals surface area contributed by atoms with Crippen LogP contribution >= 0.6 is 11.3 Å². The van der Waals surface area contributed by atoms with Gasteiger partial charge in [0, 0.05) is 17.5 Å². The van der Waals surface area contributed by atoms with E-state index in [1.165, 1.54) is 54.4 Å². The molecule has 0 spiro atoms. The molecular weight excluding hydrogens is 254 g/mol. The molecule has 1 aliphatic carbocycles. The number of anilines is 1. The molecule has 3 rings (SSSR count). The van der Waals surface area contributed by atoms with Crippen molar-refractivity contribution >= 4 is 16.5 Å². The molecule has 1 aliphatic heterocycles. The molecule has 0 radical (unpaired) electrons. The number of thiazole rings is 1. The minimum atomic E-state index is 0.478. The molecule has 1 aromatic heterocycles. The van der Waals surface area contributed by atoms with Crippen LogP contribution in [-0.4, -0.2) is 24.6 Å². The third-order valence-corrected chi connectivity index (χ3v) is 5.82. The lowest BCUT2D eigenvalue weighted by molar-refractivity contribution is 0.389. The van der Waals surface area contributed by atoms with Crippen molar-refractivity contribution in [2.24, 2.45) is 5.92 Å². The summed E-state index contributed by atoms with van der Waals surface area (Å²) in [6.07, 6.45) is 6.43. The minimum absolute atomic E-state index is 0.478. The van der Waals surface area contributed by atoms with E-state index in [2.05, 4.69) is 31.1 Å². The first-order valence-electron chi connectivity index (χ1n) is 7.62. The lowest BCUT2D eigenvalue weighted by Gasteiger charge is -2.36. The van der Waals surface area contributed by atoms with E-state index in [1.807, 2.05) is 11.3 Å². The van der Waals surface area contributed by atoms with E-state index in [-0.39, 0.29) is 0 Å². The zero-order valence-electron chi connectivity index (χ0n) is 12.3. The third-order valence-electron chi connectivity index (χ3n) is 4.65. The standard InChI is InChI=1S/C15H25N3S/c1-10-7-8-11(2)18(9-10)15-17-14-12(16-3)5-4-6-13(14)19-15/h10-12,16H,4-9H2,1-3H3. The molecule has 0 aromatic carbocycles.